The molecule has 5 heteroatoms. The van der Waals surface area contributed by atoms with Crippen molar-refractivity contribution in [2.24, 2.45) is 5.92 Å². The number of rotatable bonds is 6. The van der Waals surface area contributed by atoms with Gasteiger partial charge in [0.1, 0.15) is 17.0 Å². The topological polar surface area (TPSA) is 54.3 Å². The van der Waals surface area contributed by atoms with Gasteiger partial charge >= 0.3 is 0 Å². The Balaban J connectivity index is 1.80. The minimum Gasteiger partial charge on any atom is -0.460 e. The molecular formula is C32H35ClN2O2. The lowest BCUT2D eigenvalue weighted by Crippen LogP contribution is -2.55. The van der Waals surface area contributed by atoms with Gasteiger partial charge in [-0.25, -0.2) is 0 Å². The highest BCUT2D eigenvalue weighted by Gasteiger charge is 2.52. The van der Waals surface area contributed by atoms with Gasteiger partial charge in [0.25, 0.3) is 0 Å². The first-order valence-electron chi connectivity index (χ1n) is 13.0. The summed E-state index contributed by atoms with van der Waals surface area (Å²) in [5.41, 5.74) is 3.83. The molecule has 2 unspecified atom stereocenters. The molecule has 0 bridgehead atoms. The van der Waals surface area contributed by atoms with Gasteiger partial charge in [-0.05, 0) is 49.9 Å². The number of aryl methyl sites for hydroxylation is 1. The lowest BCUT2D eigenvalue weighted by Gasteiger charge is -2.42. The van der Waals surface area contributed by atoms with Crippen molar-refractivity contribution in [1.82, 2.24) is 10.6 Å². The SMILES string of the molecule is Cc1ccc(C2(C(c3oc4cc(Cl)ccc4c(=O)c3Cc3ccccc3)C(C)C)NCC(C)(C)N2)cc1. The Bertz CT molecular complexity index is 1470. The molecule has 192 valence electrons. The summed E-state index contributed by atoms with van der Waals surface area (Å²) in [6, 6.07) is 24.1. The van der Waals surface area contributed by atoms with Gasteiger partial charge < -0.3 is 4.42 Å². The maximum absolute atomic E-state index is 14.1. The lowest BCUT2D eigenvalue weighted by molar-refractivity contribution is 0.183. The van der Waals surface area contributed by atoms with Crippen LogP contribution >= 0.6 is 11.6 Å². The van der Waals surface area contributed by atoms with Crippen LogP contribution in [0.25, 0.3) is 11.0 Å². The Morgan fingerprint density at radius 2 is 1.70 bits per heavy atom. The standard InChI is InChI=1S/C32H35ClN2O2/c1-20(2)28(32(34-19-31(4,5)35-32)23-13-11-21(3)12-14-23)30-26(17-22-9-7-6-8-10-22)29(36)25-16-15-24(33)18-27(25)37-30/h6-16,18,20,28,34-35H,17,19H2,1-5H3. The van der Waals surface area contributed by atoms with Crippen molar-refractivity contribution < 1.29 is 4.42 Å². The molecule has 5 rings (SSSR count). The maximum Gasteiger partial charge on any atom is 0.196 e. The Morgan fingerprint density at radius 1 is 1.00 bits per heavy atom. The van der Waals surface area contributed by atoms with Crippen LogP contribution in [0.3, 0.4) is 0 Å². The van der Waals surface area contributed by atoms with Crippen LogP contribution in [0.1, 0.15) is 61.6 Å². The fraction of sp³-hybridized carbons (Fsp3) is 0.344. The molecule has 1 fully saturated rings. The molecule has 1 aromatic heterocycles. The van der Waals surface area contributed by atoms with Crippen LogP contribution < -0.4 is 16.1 Å². The minimum atomic E-state index is -0.626. The summed E-state index contributed by atoms with van der Waals surface area (Å²) in [5.74, 6) is 0.674. The van der Waals surface area contributed by atoms with Crippen molar-refractivity contribution >= 4 is 22.6 Å². The predicted octanol–water partition coefficient (Wildman–Crippen LogP) is 6.91. The average molecular weight is 515 g/mol. The van der Waals surface area contributed by atoms with Crippen LogP contribution in [0.2, 0.25) is 5.02 Å². The first kappa shape index (κ1) is 25.7. The van der Waals surface area contributed by atoms with Gasteiger partial charge in [0.15, 0.2) is 5.43 Å². The summed E-state index contributed by atoms with van der Waals surface area (Å²) in [6.07, 6.45) is 0.494. The monoisotopic (exact) mass is 514 g/mol. The molecule has 0 saturated carbocycles. The third-order valence-corrected chi connectivity index (χ3v) is 7.71. The molecule has 3 aromatic carbocycles. The largest absolute Gasteiger partial charge is 0.460 e. The van der Waals surface area contributed by atoms with Gasteiger partial charge in [0, 0.05) is 35.2 Å². The van der Waals surface area contributed by atoms with E-state index in [1.54, 1.807) is 18.2 Å². The maximum atomic E-state index is 14.1. The van der Waals surface area contributed by atoms with Crippen molar-refractivity contribution in [3.63, 3.8) is 0 Å². The number of hydrogen-bond donors (Lipinski definition) is 2. The Hall–Kier alpha value is -2.92. The van der Waals surface area contributed by atoms with E-state index in [-0.39, 0.29) is 22.8 Å². The van der Waals surface area contributed by atoms with Crippen LogP contribution in [0.15, 0.2) is 82.0 Å². The Labute approximate surface area is 224 Å². The molecule has 4 nitrogen and oxygen atoms in total. The van der Waals surface area contributed by atoms with Crippen LogP contribution in [-0.4, -0.2) is 12.1 Å². The Kier molecular flexibility index (Phi) is 6.78. The normalized spacial score (nSPS) is 20.0. The number of benzene rings is 3. The number of nitrogens with one attached hydrogen (secondary N) is 2. The van der Waals surface area contributed by atoms with E-state index in [4.69, 9.17) is 16.0 Å². The zero-order valence-corrected chi connectivity index (χ0v) is 22.9. The molecule has 1 aliphatic rings. The smallest absolute Gasteiger partial charge is 0.196 e. The van der Waals surface area contributed by atoms with Crippen LogP contribution in [0.5, 0.6) is 0 Å². The second kappa shape index (κ2) is 9.75. The highest BCUT2D eigenvalue weighted by atomic mass is 35.5. The molecule has 0 amide bonds. The second-order valence-electron chi connectivity index (χ2n) is 11.3. The first-order chi connectivity index (χ1) is 17.6. The van der Waals surface area contributed by atoms with Crippen molar-refractivity contribution in [2.45, 2.75) is 58.2 Å². The van der Waals surface area contributed by atoms with Gasteiger partial charge in [0.05, 0.1) is 11.3 Å². The van der Waals surface area contributed by atoms with Gasteiger partial charge in [-0.1, -0.05) is 85.6 Å². The zero-order valence-electron chi connectivity index (χ0n) is 22.2. The van der Waals surface area contributed by atoms with E-state index in [2.05, 4.69) is 81.7 Å². The molecule has 2 N–H and O–H groups in total. The van der Waals surface area contributed by atoms with E-state index < -0.39 is 5.66 Å². The summed E-state index contributed by atoms with van der Waals surface area (Å²) in [6.45, 7) is 11.7. The average Bonchev–Trinajstić information content (AvgIpc) is 3.18. The molecule has 2 heterocycles. The van der Waals surface area contributed by atoms with E-state index in [1.807, 2.05) is 18.2 Å². The van der Waals surface area contributed by atoms with Crippen molar-refractivity contribution in [1.29, 1.82) is 0 Å². The summed E-state index contributed by atoms with van der Waals surface area (Å²) in [4.78, 5) is 14.1. The van der Waals surface area contributed by atoms with Crippen molar-refractivity contribution in [2.75, 3.05) is 6.54 Å². The molecule has 0 radical (unpaired) electrons. The Morgan fingerprint density at radius 3 is 2.32 bits per heavy atom. The van der Waals surface area contributed by atoms with Crippen LogP contribution in [0.4, 0.5) is 0 Å². The van der Waals surface area contributed by atoms with Gasteiger partial charge in [-0.3, -0.25) is 15.4 Å². The van der Waals surface area contributed by atoms with Gasteiger partial charge in [0.2, 0.25) is 0 Å². The minimum absolute atomic E-state index is 0.00117. The number of fused-ring (bicyclic) bond motifs is 1. The second-order valence-corrected chi connectivity index (χ2v) is 11.8. The first-order valence-corrected chi connectivity index (χ1v) is 13.4. The third kappa shape index (κ3) is 4.86. The highest BCUT2D eigenvalue weighted by molar-refractivity contribution is 6.31. The summed E-state index contributed by atoms with van der Waals surface area (Å²) >= 11 is 6.35. The van der Waals surface area contributed by atoms with E-state index in [0.717, 1.165) is 17.7 Å². The van der Waals surface area contributed by atoms with Crippen LogP contribution in [-0.2, 0) is 12.1 Å². The van der Waals surface area contributed by atoms with E-state index >= 15 is 0 Å². The molecule has 1 aliphatic heterocycles. The molecule has 37 heavy (non-hydrogen) atoms. The molecule has 0 aliphatic carbocycles. The quantitative estimate of drug-likeness (QED) is 0.293. The summed E-state index contributed by atoms with van der Waals surface area (Å²) in [5, 5.41) is 8.88. The van der Waals surface area contributed by atoms with Crippen molar-refractivity contribution in [3.05, 3.63) is 116 Å². The highest BCUT2D eigenvalue weighted by Crippen LogP contribution is 2.45. The van der Waals surface area contributed by atoms with E-state index in [9.17, 15) is 4.79 Å². The summed E-state index contributed by atoms with van der Waals surface area (Å²) in [7, 11) is 0. The molecule has 2 atom stereocenters. The van der Waals surface area contributed by atoms with Gasteiger partial charge in [-0.15, -0.1) is 0 Å². The number of halogens is 1. The molecule has 1 saturated heterocycles. The van der Waals surface area contributed by atoms with Gasteiger partial charge in [-0.2, -0.15) is 0 Å². The van der Waals surface area contributed by atoms with Crippen molar-refractivity contribution in [3.8, 4) is 0 Å². The summed E-state index contributed by atoms with van der Waals surface area (Å²) < 4.78 is 6.74. The van der Waals surface area contributed by atoms with Crippen LogP contribution in [0, 0.1) is 12.8 Å². The van der Waals surface area contributed by atoms with E-state index in [0.29, 0.717) is 33.7 Å². The zero-order chi connectivity index (χ0) is 26.4. The van der Waals surface area contributed by atoms with E-state index in [1.165, 1.54) is 5.56 Å². The molecule has 0 spiro atoms. The molecular weight excluding hydrogens is 480 g/mol. The lowest BCUT2D eigenvalue weighted by atomic mass is 9.75. The fourth-order valence-corrected chi connectivity index (χ4v) is 5.94. The third-order valence-electron chi connectivity index (χ3n) is 7.47. The number of hydrogen-bond acceptors (Lipinski definition) is 4. The fourth-order valence-electron chi connectivity index (χ4n) is 5.78. The predicted molar refractivity (Wildman–Crippen MR) is 152 cm³/mol. The molecule has 4 aromatic rings.